The van der Waals surface area contributed by atoms with Crippen LogP contribution in [0.3, 0.4) is 0 Å². The van der Waals surface area contributed by atoms with Gasteiger partial charge in [-0.3, -0.25) is 4.90 Å². The summed E-state index contributed by atoms with van der Waals surface area (Å²) in [5, 5.41) is 0. The zero-order valence-corrected chi connectivity index (χ0v) is 13.6. The molecule has 3 rings (SSSR count). The molecule has 0 N–H and O–H groups in total. The first kappa shape index (κ1) is 15.1. The van der Waals surface area contributed by atoms with Crippen molar-refractivity contribution < 1.29 is 0 Å². The van der Waals surface area contributed by atoms with E-state index in [1.54, 1.807) is 11.1 Å². The summed E-state index contributed by atoms with van der Waals surface area (Å²) in [5.41, 5.74) is 3.21. The summed E-state index contributed by atoms with van der Waals surface area (Å²) in [6.07, 6.45) is 8.00. The van der Waals surface area contributed by atoms with Gasteiger partial charge in [-0.15, -0.1) is 0 Å². The van der Waals surface area contributed by atoms with E-state index >= 15 is 0 Å². The molecular weight excluding hydrogens is 256 g/mol. The van der Waals surface area contributed by atoms with Gasteiger partial charge < -0.3 is 4.90 Å². The Labute approximate surface area is 130 Å². The van der Waals surface area contributed by atoms with Crippen molar-refractivity contribution >= 4 is 0 Å². The van der Waals surface area contributed by atoms with Crippen molar-refractivity contribution in [2.45, 2.75) is 51.5 Å². The quantitative estimate of drug-likeness (QED) is 0.829. The molecule has 21 heavy (non-hydrogen) atoms. The minimum absolute atomic E-state index is 0.682. The van der Waals surface area contributed by atoms with E-state index in [4.69, 9.17) is 0 Å². The van der Waals surface area contributed by atoms with Crippen LogP contribution >= 0.6 is 0 Å². The third-order valence-corrected chi connectivity index (χ3v) is 5.23. The van der Waals surface area contributed by atoms with Gasteiger partial charge in [0.2, 0.25) is 0 Å². The van der Waals surface area contributed by atoms with E-state index < -0.39 is 0 Å². The Morgan fingerprint density at radius 3 is 2.86 bits per heavy atom. The highest BCUT2D eigenvalue weighted by atomic mass is 15.2. The van der Waals surface area contributed by atoms with E-state index in [0.717, 1.165) is 0 Å². The van der Waals surface area contributed by atoms with Crippen molar-refractivity contribution in [2.75, 3.05) is 32.7 Å². The van der Waals surface area contributed by atoms with Crippen molar-refractivity contribution in [1.82, 2.24) is 9.80 Å². The largest absolute Gasteiger partial charge is 0.302 e. The van der Waals surface area contributed by atoms with Gasteiger partial charge in [0.25, 0.3) is 0 Å². The van der Waals surface area contributed by atoms with Gasteiger partial charge in [-0.05, 0) is 56.3 Å². The van der Waals surface area contributed by atoms with Gasteiger partial charge >= 0.3 is 0 Å². The fraction of sp³-hybridized carbons (Fsp3) is 0.684. The lowest BCUT2D eigenvalue weighted by Gasteiger charge is -2.35. The number of unbranched alkanes of at least 4 members (excludes halogenated alkanes) is 1. The summed E-state index contributed by atoms with van der Waals surface area (Å²) < 4.78 is 0. The second kappa shape index (κ2) is 7.42. The topological polar surface area (TPSA) is 6.48 Å². The summed E-state index contributed by atoms with van der Waals surface area (Å²) in [4.78, 5) is 5.45. The average molecular weight is 286 g/mol. The van der Waals surface area contributed by atoms with E-state index in [1.165, 1.54) is 71.2 Å². The monoisotopic (exact) mass is 286 g/mol. The molecule has 2 heteroatoms. The Balaban J connectivity index is 1.65. The fourth-order valence-electron chi connectivity index (χ4n) is 4.02. The third-order valence-electron chi connectivity index (χ3n) is 5.23. The lowest BCUT2D eigenvalue weighted by atomic mass is 9.87. The summed E-state index contributed by atoms with van der Waals surface area (Å²) in [6, 6.07) is 9.82. The minimum atomic E-state index is 0.682. The molecule has 1 aromatic rings. The van der Waals surface area contributed by atoms with E-state index in [-0.39, 0.29) is 0 Å². The minimum Gasteiger partial charge on any atom is -0.302 e. The van der Waals surface area contributed by atoms with Crippen LogP contribution in [-0.2, 0) is 6.42 Å². The normalized spacial score (nSPS) is 24.5. The molecule has 0 spiro atoms. The van der Waals surface area contributed by atoms with Crippen LogP contribution in [0.5, 0.6) is 0 Å². The molecule has 1 aromatic carbocycles. The van der Waals surface area contributed by atoms with Gasteiger partial charge in [0.1, 0.15) is 0 Å². The molecule has 1 heterocycles. The van der Waals surface area contributed by atoms with Gasteiger partial charge in [-0.1, -0.05) is 37.6 Å². The second-order valence-electron chi connectivity index (χ2n) is 6.69. The molecule has 0 aromatic heterocycles. The fourth-order valence-corrected chi connectivity index (χ4v) is 4.02. The smallest absolute Gasteiger partial charge is 0.0351 e. The summed E-state index contributed by atoms with van der Waals surface area (Å²) >= 11 is 0. The first-order valence-electron chi connectivity index (χ1n) is 8.92. The van der Waals surface area contributed by atoms with Crippen LogP contribution in [0.1, 0.15) is 56.2 Å². The molecule has 0 saturated carbocycles. The predicted molar refractivity (Wildman–Crippen MR) is 89.7 cm³/mol. The van der Waals surface area contributed by atoms with Crippen LogP contribution < -0.4 is 0 Å². The van der Waals surface area contributed by atoms with Crippen LogP contribution in [-0.4, -0.2) is 42.5 Å². The molecule has 1 atom stereocenters. The maximum Gasteiger partial charge on any atom is 0.0351 e. The van der Waals surface area contributed by atoms with Crippen molar-refractivity contribution in [3.05, 3.63) is 35.4 Å². The number of benzene rings is 1. The van der Waals surface area contributed by atoms with Crippen molar-refractivity contribution in [2.24, 2.45) is 0 Å². The molecule has 2 nitrogen and oxygen atoms in total. The number of fused-ring (bicyclic) bond motifs is 1. The SMILES string of the molecule is CCCCN1CCCN(C2CCCc3ccccc32)CC1. The number of aryl methyl sites for hydroxylation is 1. The van der Waals surface area contributed by atoms with Gasteiger partial charge in [-0.25, -0.2) is 0 Å². The standard InChI is InChI=1S/C19H30N2/c1-2-3-12-20-13-7-14-21(16-15-20)19-11-6-9-17-8-4-5-10-18(17)19/h4-5,8,10,19H,2-3,6-7,9,11-16H2,1H3. The van der Waals surface area contributed by atoms with Crippen LogP contribution in [0.25, 0.3) is 0 Å². The van der Waals surface area contributed by atoms with Crippen LogP contribution in [0, 0.1) is 0 Å². The van der Waals surface area contributed by atoms with Gasteiger partial charge in [0, 0.05) is 25.7 Å². The average Bonchev–Trinajstić information content (AvgIpc) is 2.78. The Kier molecular flexibility index (Phi) is 5.32. The molecule has 1 aliphatic heterocycles. The predicted octanol–water partition coefficient (Wildman–Crippen LogP) is 3.87. The molecule has 1 fully saturated rings. The van der Waals surface area contributed by atoms with Gasteiger partial charge in [0.15, 0.2) is 0 Å². The van der Waals surface area contributed by atoms with E-state index in [1.807, 2.05) is 0 Å². The van der Waals surface area contributed by atoms with Crippen LogP contribution in [0.15, 0.2) is 24.3 Å². The van der Waals surface area contributed by atoms with Crippen LogP contribution in [0.4, 0.5) is 0 Å². The van der Waals surface area contributed by atoms with E-state index in [2.05, 4.69) is 41.0 Å². The molecule has 1 aliphatic carbocycles. The molecule has 0 bridgehead atoms. The first-order valence-corrected chi connectivity index (χ1v) is 8.92. The Bertz CT molecular complexity index is 443. The Hall–Kier alpha value is -0.860. The van der Waals surface area contributed by atoms with E-state index in [9.17, 15) is 0 Å². The zero-order valence-electron chi connectivity index (χ0n) is 13.6. The van der Waals surface area contributed by atoms with Crippen molar-refractivity contribution in [3.63, 3.8) is 0 Å². The molecule has 0 amide bonds. The molecule has 2 aliphatic rings. The maximum absolute atomic E-state index is 2.77. The lowest BCUT2D eigenvalue weighted by molar-refractivity contribution is 0.181. The summed E-state index contributed by atoms with van der Waals surface area (Å²) in [5.74, 6) is 0. The number of rotatable bonds is 4. The molecular formula is C19H30N2. The highest BCUT2D eigenvalue weighted by molar-refractivity contribution is 5.32. The highest BCUT2D eigenvalue weighted by Crippen LogP contribution is 2.34. The number of nitrogens with zero attached hydrogens (tertiary/aromatic N) is 2. The summed E-state index contributed by atoms with van der Waals surface area (Å²) in [7, 11) is 0. The molecule has 0 radical (unpaired) electrons. The lowest BCUT2D eigenvalue weighted by Crippen LogP contribution is -2.35. The highest BCUT2D eigenvalue weighted by Gasteiger charge is 2.27. The van der Waals surface area contributed by atoms with E-state index in [0.29, 0.717) is 6.04 Å². The molecule has 116 valence electrons. The molecule has 1 unspecified atom stereocenters. The Morgan fingerprint density at radius 1 is 1.05 bits per heavy atom. The maximum atomic E-state index is 2.77. The summed E-state index contributed by atoms with van der Waals surface area (Å²) in [6.45, 7) is 8.68. The first-order chi connectivity index (χ1) is 10.4. The van der Waals surface area contributed by atoms with Crippen LogP contribution in [0.2, 0.25) is 0 Å². The van der Waals surface area contributed by atoms with Crippen molar-refractivity contribution in [1.29, 1.82) is 0 Å². The van der Waals surface area contributed by atoms with Gasteiger partial charge in [-0.2, -0.15) is 0 Å². The number of hydrogen-bond acceptors (Lipinski definition) is 2. The zero-order chi connectivity index (χ0) is 14.5. The van der Waals surface area contributed by atoms with Gasteiger partial charge in [0.05, 0.1) is 0 Å². The second-order valence-corrected chi connectivity index (χ2v) is 6.69. The number of hydrogen-bond donors (Lipinski definition) is 0. The van der Waals surface area contributed by atoms with Crippen molar-refractivity contribution in [3.8, 4) is 0 Å². The Morgan fingerprint density at radius 2 is 1.95 bits per heavy atom. The third kappa shape index (κ3) is 3.67. The molecule has 1 saturated heterocycles.